The molecule has 148 valence electrons. The predicted octanol–water partition coefficient (Wildman–Crippen LogP) is 5.29. The summed E-state index contributed by atoms with van der Waals surface area (Å²) in [5, 5.41) is 0.315. The Labute approximate surface area is 176 Å². The van der Waals surface area contributed by atoms with E-state index in [4.69, 9.17) is 16.3 Å². The van der Waals surface area contributed by atoms with Crippen LogP contribution < -0.4 is 4.74 Å². The molecule has 29 heavy (non-hydrogen) atoms. The summed E-state index contributed by atoms with van der Waals surface area (Å²) in [5.41, 5.74) is 1.65. The van der Waals surface area contributed by atoms with E-state index in [-0.39, 0.29) is 33.2 Å². The van der Waals surface area contributed by atoms with Crippen molar-refractivity contribution < 1.29 is 18.7 Å². The molecule has 0 N–H and O–H groups in total. The Bertz CT molecular complexity index is 1090. The lowest BCUT2D eigenvalue weighted by Gasteiger charge is -2.09. The monoisotopic (exact) mass is 430 g/mol. The summed E-state index contributed by atoms with van der Waals surface area (Å²) < 4.78 is 19.1. The van der Waals surface area contributed by atoms with Crippen LogP contribution in [0.4, 0.5) is 4.39 Å². The van der Waals surface area contributed by atoms with Gasteiger partial charge in [-0.25, -0.2) is 19.2 Å². The van der Waals surface area contributed by atoms with Crippen LogP contribution in [0.2, 0.25) is 5.02 Å². The van der Waals surface area contributed by atoms with Crippen LogP contribution in [0.5, 0.6) is 5.75 Å². The highest BCUT2D eigenvalue weighted by Crippen LogP contribution is 2.25. The Balaban J connectivity index is 1.75. The van der Waals surface area contributed by atoms with Crippen LogP contribution in [-0.4, -0.2) is 21.7 Å². The molecule has 0 saturated carbocycles. The van der Waals surface area contributed by atoms with E-state index in [9.17, 15) is 14.0 Å². The third-order valence-corrected chi connectivity index (χ3v) is 5.20. The molecule has 8 heteroatoms. The summed E-state index contributed by atoms with van der Waals surface area (Å²) >= 11 is 7.23. The first-order valence-electron chi connectivity index (χ1n) is 8.57. The molecular weight excluding hydrogens is 415 g/mol. The molecular formula is C21H16ClFN2O3S. The molecule has 5 nitrogen and oxygen atoms in total. The van der Waals surface area contributed by atoms with E-state index < -0.39 is 5.97 Å². The van der Waals surface area contributed by atoms with Gasteiger partial charge in [-0.15, -0.1) is 0 Å². The van der Waals surface area contributed by atoms with Gasteiger partial charge in [0.05, 0.1) is 11.2 Å². The number of carbonyl (C=O) groups is 2. The molecule has 0 spiro atoms. The van der Waals surface area contributed by atoms with Crippen LogP contribution in [0.25, 0.3) is 0 Å². The molecule has 3 rings (SSSR count). The second-order valence-corrected chi connectivity index (χ2v) is 7.50. The van der Waals surface area contributed by atoms with Crippen molar-refractivity contribution in [2.75, 3.05) is 0 Å². The van der Waals surface area contributed by atoms with Crippen molar-refractivity contribution in [1.82, 2.24) is 9.97 Å². The summed E-state index contributed by atoms with van der Waals surface area (Å²) in [5.74, 6) is -0.573. The number of halogens is 2. The van der Waals surface area contributed by atoms with E-state index in [2.05, 4.69) is 9.97 Å². The first kappa shape index (κ1) is 21.0. The van der Waals surface area contributed by atoms with Gasteiger partial charge >= 0.3 is 5.97 Å². The second-order valence-electron chi connectivity index (χ2n) is 6.15. The Hall–Kier alpha value is -2.77. The fourth-order valence-corrected chi connectivity index (χ4v) is 3.54. The number of aromatic nitrogens is 2. The van der Waals surface area contributed by atoms with Crippen molar-refractivity contribution in [3.05, 3.63) is 81.9 Å². The number of carbonyl (C=O) groups excluding carboxylic acids is 2. The lowest BCUT2D eigenvalue weighted by molar-refractivity contribution is 0.0727. The number of thioether (sulfide) groups is 1. The van der Waals surface area contributed by atoms with Crippen molar-refractivity contribution in [2.24, 2.45) is 0 Å². The molecule has 3 aromatic rings. The maximum atomic E-state index is 13.7. The number of nitrogens with zero attached hydrogens (tertiary/aromatic N) is 2. The first-order valence-corrected chi connectivity index (χ1v) is 9.94. The smallest absolute Gasteiger partial charge is 0.364 e. The van der Waals surface area contributed by atoms with Crippen LogP contribution in [0.3, 0.4) is 0 Å². The highest BCUT2D eigenvalue weighted by atomic mass is 35.5. The van der Waals surface area contributed by atoms with Crippen molar-refractivity contribution in [1.29, 1.82) is 0 Å². The molecule has 1 aromatic heterocycles. The van der Waals surface area contributed by atoms with Crippen LogP contribution in [0, 0.1) is 12.7 Å². The van der Waals surface area contributed by atoms with Gasteiger partial charge in [0.1, 0.15) is 11.6 Å². The van der Waals surface area contributed by atoms with Gasteiger partial charge in [-0.1, -0.05) is 41.6 Å². The first-order chi connectivity index (χ1) is 13.8. The van der Waals surface area contributed by atoms with E-state index in [1.54, 1.807) is 37.3 Å². The van der Waals surface area contributed by atoms with Gasteiger partial charge in [0.25, 0.3) is 0 Å². The van der Waals surface area contributed by atoms with Crippen LogP contribution in [0.15, 0.2) is 53.8 Å². The minimum Gasteiger partial charge on any atom is -0.422 e. The maximum absolute atomic E-state index is 13.7. The molecule has 0 atom stereocenters. The zero-order valence-corrected chi connectivity index (χ0v) is 17.2. The second kappa shape index (κ2) is 9.15. The minimum atomic E-state index is -0.750. The lowest BCUT2D eigenvalue weighted by Crippen LogP contribution is -2.13. The van der Waals surface area contributed by atoms with E-state index in [0.29, 0.717) is 22.4 Å². The zero-order valence-electron chi connectivity index (χ0n) is 15.6. The Morgan fingerprint density at radius 2 is 1.97 bits per heavy atom. The molecule has 0 aliphatic heterocycles. The molecule has 0 amide bonds. The number of rotatable bonds is 6. The van der Waals surface area contributed by atoms with Gasteiger partial charge < -0.3 is 4.74 Å². The fourth-order valence-electron chi connectivity index (χ4n) is 2.57. The van der Waals surface area contributed by atoms with Crippen molar-refractivity contribution in [3.63, 3.8) is 0 Å². The lowest BCUT2D eigenvalue weighted by atomic mass is 10.1. The van der Waals surface area contributed by atoms with Crippen LogP contribution in [0.1, 0.15) is 38.9 Å². The summed E-state index contributed by atoms with van der Waals surface area (Å²) in [6.07, 6.45) is 1.30. The number of esters is 1. The standard InChI is InChI=1S/C21H16ClFN2O3S/c1-12-9-15(7-8-16(12)13(2)26)28-20(27)19-17(22)10-24-21(25-19)29-11-14-5-3-4-6-18(14)23/h3-10H,11H2,1-2H3. The predicted molar refractivity (Wildman–Crippen MR) is 109 cm³/mol. The largest absolute Gasteiger partial charge is 0.422 e. The van der Waals surface area contributed by atoms with Gasteiger partial charge in [0.2, 0.25) is 0 Å². The number of benzene rings is 2. The number of hydrogen-bond acceptors (Lipinski definition) is 6. The van der Waals surface area contributed by atoms with Crippen molar-refractivity contribution in [2.45, 2.75) is 24.8 Å². The molecule has 0 aliphatic rings. The quantitative estimate of drug-likeness (QED) is 0.174. The number of hydrogen-bond donors (Lipinski definition) is 0. The average Bonchev–Trinajstić information content (AvgIpc) is 2.68. The average molecular weight is 431 g/mol. The van der Waals surface area contributed by atoms with E-state index in [0.717, 1.165) is 0 Å². The zero-order chi connectivity index (χ0) is 21.0. The summed E-state index contributed by atoms with van der Waals surface area (Å²) in [6, 6.07) is 11.1. The molecule has 1 heterocycles. The number of ketones is 1. The van der Waals surface area contributed by atoms with E-state index >= 15 is 0 Å². The van der Waals surface area contributed by atoms with Gasteiger partial charge in [0.15, 0.2) is 16.6 Å². The third kappa shape index (κ3) is 5.19. The fraction of sp³-hybridized carbons (Fsp3) is 0.143. The molecule has 0 bridgehead atoms. The number of ether oxygens (including phenoxy) is 1. The minimum absolute atomic E-state index is 0.0438. The normalized spacial score (nSPS) is 10.6. The van der Waals surface area contributed by atoms with Crippen molar-refractivity contribution in [3.8, 4) is 5.75 Å². The summed E-state index contributed by atoms with van der Waals surface area (Å²) in [7, 11) is 0. The Kier molecular flexibility index (Phi) is 6.61. The molecule has 0 saturated heterocycles. The van der Waals surface area contributed by atoms with Gasteiger partial charge in [-0.3, -0.25) is 4.79 Å². The number of Topliss-reactive ketones (excluding diaryl/α,β-unsaturated/α-hetero) is 1. The summed E-state index contributed by atoms with van der Waals surface area (Å²) in [6.45, 7) is 3.22. The van der Waals surface area contributed by atoms with Crippen LogP contribution >= 0.6 is 23.4 Å². The third-order valence-electron chi connectivity index (χ3n) is 4.02. The molecule has 2 aromatic carbocycles. The van der Waals surface area contributed by atoms with Gasteiger partial charge in [-0.2, -0.15) is 0 Å². The SMILES string of the molecule is CC(=O)c1ccc(OC(=O)c2nc(SCc3ccccc3F)ncc2Cl)cc1C. The highest BCUT2D eigenvalue weighted by molar-refractivity contribution is 7.98. The van der Waals surface area contributed by atoms with E-state index in [1.807, 2.05) is 0 Å². The Morgan fingerprint density at radius 3 is 2.66 bits per heavy atom. The van der Waals surface area contributed by atoms with Crippen LogP contribution in [-0.2, 0) is 5.75 Å². The van der Waals surface area contributed by atoms with Gasteiger partial charge in [-0.05, 0) is 49.2 Å². The van der Waals surface area contributed by atoms with Crippen molar-refractivity contribution >= 4 is 35.1 Å². The maximum Gasteiger partial charge on any atom is 0.364 e. The number of aryl methyl sites for hydroxylation is 1. The summed E-state index contributed by atoms with van der Waals surface area (Å²) in [4.78, 5) is 32.3. The topological polar surface area (TPSA) is 69.2 Å². The molecule has 0 unspecified atom stereocenters. The van der Waals surface area contributed by atoms with E-state index in [1.165, 1.54) is 37.0 Å². The molecule has 0 radical (unpaired) electrons. The highest BCUT2D eigenvalue weighted by Gasteiger charge is 2.18. The molecule has 0 aliphatic carbocycles. The van der Waals surface area contributed by atoms with Gasteiger partial charge in [0, 0.05) is 11.3 Å². The molecule has 0 fully saturated rings. The Morgan fingerprint density at radius 1 is 1.21 bits per heavy atom.